The topological polar surface area (TPSA) is 95.9 Å². The number of hydrogen-bond donors (Lipinski definition) is 3. The van der Waals surface area contributed by atoms with Crippen LogP contribution in [-0.2, 0) is 14.3 Å². The fraction of sp³-hybridized carbons (Fsp3) is 0.901. The maximum Gasteiger partial charge on any atom is 0.305 e. The van der Waals surface area contributed by atoms with Crippen LogP contribution in [0.3, 0.4) is 0 Å². The van der Waals surface area contributed by atoms with Crippen LogP contribution in [0, 0.1) is 0 Å². The van der Waals surface area contributed by atoms with Crippen molar-refractivity contribution in [3.63, 3.8) is 0 Å². The third-order valence-corrected chi connectivity index (χ3v) is 18.6. The molecule has 0 spiro atoms. The minimum Gasteiger partial charge on any atom is -0.466 e. The number of aliphatic hydroxyl groups excluding tert-OH is 2. The van der Waals surface area contributed by atoms with Crippen LogP contribution in [0.5, 0.6) is 0 Å². The third-order valence-electron chi connectivity index (χ3n) is 18.6. The number of hydrogen-bond acceptors (Lipinski definition) is 5. The van der Waals surface area contributed by atoms with Crippen LogP contribution in [-0.4, -0.2) is 47.4 Å². The van der Waals surface area contributed by atoms with Crippen molar-refractivity contribution in [2.45, 2.75) is 456 Å². The number of allylic oxidation sites excluding steroid dienone is 6. The average molecular weight is 1220 g/mol. The molecule has 3 N–H and O–H groups in total. The summed E-state index contributed by atoms with van der Waals surface area (Å²) in [6, 6.07) is -0.539. The molecule has 0 radical (unpaired) electrons. The third kappa shape index (κ3) is 73.0. The van der Waals surface area contributed by atoms with Crippen molar-refractivity contribution in [1.82, 2.24) is 5.32 Å². The molecule has 0 heterocycles. The average Bonchev–Trinajstić information content (AvgIpc) is 3.55. The molecule has 87 heavy (non-hydrogen) atoms. The van der Waals surface area contributed by atoms with Gasteiger partial charge in [0.05, 0.1) is 25.4 Å². The van der Waals surface area contributed by atoms with Crippen molar-refractivity contribution in [2.75, 3.05) is 13.2 Å². The van der Waals surface area contributed by atoms with E-state index in [1.54, 1.807) is 0 Å². The molecule has 6 nitrogen and oxygen atoms in total. The molecule has 2 atom stereocenters. The Bertz CT molecular complexity index is 1410. The lowest BCUT2D eigenvalue weighted by Gasteiger charge is -2.22. The Morgan fingerprint density at radius 1 is 0.322 bits per heavy atom. The van der Waals surface area contributed by atoms with E-state index >= 15 is 0 Å². The molecule has 6 heteroatoms. The summed E-state index contributed by atoms with van der Waals surface area (Å²) >= 11 is 0. The molecule has 0 bridgehead atoms. The van der Waals surface area contributed by atoms with Crippen LogP contribution in [0.4, 0.5) is 0 Å². The minimum absolute atomic E-state index is 0.00752. The first-order chi connectivity index (χ1) is 43.0. The van der Waals surface area contributed by atoms with Gasteiger partial charge in [0.1, 0.15) is 0 Å². The molecular weight excluding hydrogens is 1070 g/mol. The van der Waals surface area contributed by atoms with E-state index in [2.05, 4.69) is 55.6 Å². The molecule has 0 aliphatic carbocycles. The summed E-state index contributed by atoms with van der Waals surface area (Å²) in [6.45, 7) is 4.93. The van der Waals surface area contributed by atoms with Gasteiger partial charge in [-0.3, -0.25) is 9.59 Å². The number of aliphatic hydroxyl groups is 2. The summed E-state index contributed by atoms with van der Waals surface area (Å²) < 4.78 is 5.48. The summed E-state index contributed by atoms with van der Waals surface area (Å²) in [6.07, 6.45) is 99.6. The Morgan fingerprint density at radius 2 is 0.598 bits per heavy atom. The van der Waals surface area contributed by atoms with Crippen molar-refractivity contribution < 1.29 is 24.5 Å². The number of amides is 1. The smallest absolute Gasteiger partial charge is 0.305 e. The molecule has 0 aliphatic rings. The highest BCUT2D eigenvalue weighted by Crippen LogP contribution is 2.20. The van der Waals surface area contributed by atoms with Gasteiger partial charge in [0.25, 0.3) is 0 Å². The van der Waals surface area contributed by atoms with Gasteiger partial charge in [-0.2, -0.15) is 0 Å². The zero-order valence-electron chi connectivity index (χ0n) is 59.0. The van der Waals surface area contributed by atoms with Crippen molar-refractivity contribution in [3.8, 4) is 0 Å². The summed E-state index contributed by atoms with van der Waals surface area (Å²) in [5.74, 6) is -0.0188. The van der Waals surface area contributed by atoms with Crippen LogP contribution in [0.1, 0.15) is 444 Å². The summed E-state index contributed by atoms with van der Waals surface area (Å²) in [5.41, 5.74) is 0. The largest absolute Gasteiger partial charge is 0.466 e. The lowest BCUT2D eigenvalue weighted by Crippen LogP contribution is -2.45. The number of nitrogens with one attached hydrogen (secondary N) is 1. The number of esters is 1. The number of carbonyl (C=O) groups is 2. The number of carbonyl (C=O) groups excluding carboxylic acids is 2. The Morgan fingerprint density at radius 3 is 0.931 bits per heavy atom. The van der Waals surface area contributed by atoms with Crippen LogP contribution in [0.2, 0.25) is 0 Å². The molecule has 0 saturated carbocycles. The van der Waals surface area contributed by atoms with E-state index in [4.69, 9.17) is 4.74 Å². The Labute approximate surface area is 544 Å². The molecule has 0 rings (SSSR count). The standard InChI is InChI=1S/C81H155NO5/c1-3-5-7-9-11-13-15-17-18-19-43-46-50-53-57-61-65-69-73-79(84)78(77-83)82-80(85)74-70-66-62-58-54-51-47-44-41-39-37-35-33-31-29-27-25-23-21-20-22-24-26-28-30-32-34-36-38-40-42-45-48-52-56-60-64-68-72-76-87-81(86)75-71-67-63-59-55-49-16-14-12-10-8-6-4-2/h8,10,14,16,20-21,78-79,83-84H,3-7,9,11-13,15,17-19,22-77H2,1-2H3,(H,82,85)/b10-8-,16-14-,21-20-. The highest BCUT2D eigenvalue weighted by Gasteiger charge is 2.20. The fourth-order valence-electron chi connectivity index (χ4n) is 12.6. The summed E-state index contributed by atoms with van der Waals surface area (Å²) in [4.78, 5) is 24.6. The van der Waals surface area contributed by atoms with Gasteiger partial charge in [0, 0.05) is 12.8 Å². The minimum atomic E-state index is -0.662. The van der Waals surface area contributed by atoms with Gasteiger partial charge in [-0.15, -0.1) is 0 Å². The van der Waals surface area contributed by atoms with E-state index in [-0.39, 0.29) is 18.5 Å². The van der Waals surface area contributed by atoms with Crippen LogP contribution in [0.15, 0.2) is 36.5 Å². The van der Waals surface area contributed by atoms with E-state index in [9.17, 15) is 19.8 Å². The molecule has 0 aliphatic heterocycles. The van der Waals surface area contributed by atoms with Crippen molar-refractivity contribution >= 4 is 11.9 Å². The SMILES string of the molecule is CCC/C=C\C/C=C\CCCCCCCC(=O)OCCCCCCCCCCCCCCCCCCCC/C=C\CCCCCCCCCCCCCCCCCCCC(=O)NC(CO)C(O)CCCCCCCCCCCCCCCCCCCC. The summed E-state index contributed by atoms with van der Waals surface area (Å²) in [5, 5.41) is 23.4. The zero-order valence-corrected chi connectivity index (χ0v) is 59.0. The van der Waals surface area contributed by atoms with Crippen molar-refractivity contribution in [3.05, 3.63) is 36.5 Å². The van der Waals surface area contributed by atoms with Crippen LogP contribution >= 0.6 is 0 Å². The van der Waals surface area contributed by atoms with Gasteiger partial charge in [-0.05, 0) is 77.0 Å². The lowest BCUT2D eigenvalue weighted by atomic mass is 10.0. The first kappa shape index (κ1) is 85.1. The predicted molar refractivity (Wildman–Crippen MR) is 384 cm³/mol. The number of unbranched alkanes of at least 4 members (excludes halogenated alkanes) is 58. The monoisotopic (exact) mass is 1220 g/mol. The highest BCUT2D eigenvalue weighted by atomic mass is 16.5. The van der Waals surface area contributed by atoms with Crippen molar-refractivity contribution in [1.29, 1.82) is 0 Å². The maximum absolute atomic E-state index is 12.5. The zero-order chi connectivity index (χ0) is 62.8. The van der Waals surface area contributed by atoms with Crippen LogP contribution < -0.4 is 5.32 Å². The molecule has 0 saturated heterocycles. The molecule has 1 amide bonds. The molecular formula is C81H155NO5. The molecule has 0 aromatic heterocycles. The predicted octanol–water partition coefficient (Wildman–Crippen LogP) is 26.2. The van der Waals surface area contributed by atoms with Gasteiger partial charge in [-0.1, -0.05) is 391 Å². The van der Waals surface area contributed by atoms with Gasteiger partial charge >= 0.3 is 5.97 Å². The van der Waals surface area contributed by atoms with E-state index in [0.717, 1.165) is 51.4 Å². The first-order valence-corrected chi connectivity index (χ1v) is 39.7. The second-order valence-electron chi connectivity index (χ2n) is 27.4. The molecule has 514 valence electrons. The van der Waals surface area contributed by atoms with E-state index in [1.165, 1.54) is 360 Å². The number of ether oxygens (including phenoxy) is 1. The number of rotatable bonds is 75. The highest BCUT2D eigenvalue weighted by molar-refractivity contribution is 5.76. The van der Waals surface area contributed by atoms with Gasteiger partial charge in [0.15, 0.2) is 0 Å². The fourth-order valence-corrected chi connectivity index (χ4v) is 12.6. The second-order valence-corrected chi connectivity index (χ2v) is 27.4. The van der Waals surface area contributed by atoms with E-state index in [0.29, 0.717) is 25.9 Å². The van der Waals surface area contributed by atoms with Gasteiger partial charge in [0.2, 0.25) is 5.91 Å². The molecule has 0 aromatic carbocycles. The van der Waals surface area contributed by atoms with Crippen LogP contribution in [0.25, 0.3) is 0 Å². The van der Waals surface area contributed by atoms with E-state index < -0.39 is 12.1 Å². The Kier molecular flexibility index (Phi) is 74.8. The van der Waals surface area contributed by atoms with Crippen molar-refractivity contribution in [2.24, 2.45) is 0 Å². The molecule has 0 aromatic rings. The van der Waals surface area contributed by atoms with E-state index in [1.807, 2.05) is 0 Å². The second kappa shape index (κ2) is 76.5. The molecule has 0 fully saturated rings. The van der Waals surface area contributed by atoms with Gasteiger partial charge in [-0.25, -0.2) is 0 Å². The maximum atomic E-state index is 12.5. The Hall–Kier alpha value is -1.92. The van der Waals surface area contributed by atoms with Gasteiger partial charge < -0.3 is 20.3 Å². The normalized spacial score (nSPS) is 12.6. The Balaban J connectivity index is 3.32. The molecule has 2 unspecified atom stereocenters. The summed E-state index contributed by atoms with van der Waals surface area (Å²) in [7, 11) is 0. The quantitative estimate of drug-likeness (QED) is 0.0320. The lowest BCUT2D eigenvalue weighted by molar-refractivity contribution is -0.143. The first-order valence-electron chi connectivity index (χ1n) is 39.7.